The summed E-state index contributed by atoms with van der Waals surface area (Å²) in [6.45, 7) is 18.4. The van der Waals surface area contributed by atoms with Crippen molar-refractivity contribution in [1.82, 2.24) is 25.4 Å². The lowest BCUT2D eigenvalue weighted by molar-refractivity contribution is 0.191. The fourth-order valence-electron chi connectivity index (χ4n) is 4.33. The molecule has 2 N–H and O–H groups in total. The first-order valence-corrected chi connectivity index (χ1v) is 12.3. The molecule has 0 aliphatic carbocycles. The lowest BCUT2D eigenvalue weighted by Gasteiger charge is -2.34. The van der Waals surface area contributed by atoms with Crippen molar-refractivity contribution in [2.45, 2.75) is 46.6 Å². The molecule has 2 aliphatic heterocycles. The molecule has 32 heavy (non-hydrogen) atoms. The number of piperazine rings is 1. The van der Waals surface area contributed by atoms with Gasteiger partial charge in [-0.25, -0.2) is 9.98 Å². The molecule has 1 aromatic heterocycles. The Balaban J connectivity index is 0.00000363. The van der Waals surface area contributed by atoms with Crippen LogP contribution < -0.4 is 15.5 Å². The largest absolute Gasteiger partial charge is 0.357 e. The zero-order chi connectivity index (χ0) is 21.9. The first kappa shape index (κ1) is 27.1. The Morgan fingerprint density at radius 3 is 2.50 bits per heavy atom. The van der Waals surface area contributed by atoms with Crippen LogP contribution in [0.1, 0.15) is 45.6 Å². The van der Waals surface area contributed by atoms with E-state index < -0.39 is 0 Å². The summed E-state index contributed by atoms with van der Waals surface area (Å²) < 4.78 is 0. The molecule has 0 saturated carbocycles. The molecule has 3 heterocycles. The van der Waals surface area contributed by atoms with Gasteiger partial charge in [-0.1, -0.05) is 13.8 Å². The molecule has 0 aromatic carbocycles. The van der Waals surface area contributed by atoms with Crippen molar-refractivity contribution in [3.8, 4) is 0 Å². The van der Waals surface area contributed by atoms with E-state index in [0.29, 0.717) is 6.54 Å². The van der Waals surface area contributed by atoms with E-state index in [9.17, 15) is 0 Å². The summed E-state index contributed by atoms with van der Waals surface area (Å²) in [7, 11) is 0. The molecule has 7 nitrogen and oxygen atoms in total. The topological polar surface area (TPSA) is 59.0 Å². The predicted molar refractivity (Wildman–Crippen MR) is 146 cm³/mol. The molecule has 0 radical (unpaired) electrons. The van der Waals surface area contributed by atoms with Crippen molar-refractivity contribution < 1.29 is 0 Å². The fourth-order valence-corrected chi connectivity index (χ4v) is 4.33. The number of halogens is 1. The van der Waals surface area contributed by atoms with Crippen LogP contribution in [-0.4, -0.2) is 86.2 Å². The second-order valence-electron chi connectivity index (χ2n) is 8.94. The van der Waals surface area contributed by atoms with Crippen molar-refractivity contribution in [3.05, 3.63) is 23.9 Å². The van der Waals surface area contributed by atoms with E-state index in [1.54, 1.807) is 0 Å². The van der Waals surface area contributed by atoms with Crippen LogP contribution in [-0.2, 0) is 6.54 Å². The lowest BCUT2D eigenvalue weighted by Crippen LogP contribution is -2.46. The Morgan fingerprint density at radius 1 is 1.06 bits per heavy atom. The Hall–Kier alpha value is -1.13. The number of nitrogens with zero attached hydrogens (tertiary/aromatic N) is 5. The van der Waals surface area contributed by atoms with Gasteiger partial charge in [0.25, 0.3) is 0 Å². The smallest absolute Gasteiger partial charge is 0.191 e. The number of hydrogen-bond donors (Lipinski definition) is 2. The van der Waals surface area contributed by atoms with Crippen molar-refractivity contribution in [2.75, 3.05) is 70.3 Å². The van der Waals surface area contributed by atoms with Crippen LogP contribution in [0, 0.1) is 5.92 Å². The van der Waals surface area contributed by atoms with Gasteiger partial charge in [-0.2, -0.15) is 0 Å². The van der Waals surface area contributed by atoms with Crippen LogP contribution in [0.2, 0.25) is 0 Å². The average Bonchev–Trinajstić information content (AvgIpc) is 2.81. The van der Waals surface area contributed by atoms with Crippen LogP contribution in [0.4, 0.5) is 5.82 Å². The summed E-state index contributed by atoms with van der Waals surface area (Å²) in [5.74, 6) is 2.89. The summed E-state index contributed by atoms with van der Waals surface area (Å²) in [4.78, 5) is 16.9. The van der Waals surface area contributed by atoms with Gasteiger partial charge in [-0.3, -0.25) is 0 Å². The van der Waals surface area contributed by atoms with E-state index in [1.165, 1.54) is 38.0 Å². The lowest BCUT2D eigenvalue weighted by atomic mass is 9.99. The maximum Gasteiger partial charge on any atom is 0.191 e. The monoisotopic (exact) mass is 557 g/mol. The highest BCUT2D eigenvalue weighted by Gasteiger charge is 2.17. The van der Waals surface area contributed by atoms with Gasteiger partial charge in [0.15, 0.2) is 5.96 Å². The number of nitrogens with one attached hydrogen (secondary N) is 2. The molecule has 1 aromatic rings. The highest BCUT2D eigenvalue weighted by molar-refractivity contribution is 14.0. The molecule has 0 bridgehead atoms. The molecule has 0 atom stereocenters. The molecule has 3 rings (SSSR count). The zero-order valence-corrected chi connectivity index (χ0v) is 22.7. The van der Waals surface area contributed by atoms with Crippen LogP contribution >= 0.6 is 24.0 Å². The number of aromatic nitrogens is 1. The second-order valence-corrected chi connectivity index (χ2v) is 8.94. The van der Waals surface area contributed by atoms with E-state index in [1.807, 2.05) is 6.20 Å². The molecule has 2 fully saturated rings. The molecule has 0 unspecified atom stereocenters. The number of likely N-dealkylation sites (N-methyl/N-ethyl adjacent to an activating group) is 1. The Bertz CT molecular complexity index is 668. The van der Waals surface area contributed by atoms with Gasteiger partial charge in [0.05, 0.1) is 6.54 Å². The molecular weight excluding hydrogens is 513 g/mol. The third-order valence-electron chi connectivity index (χ3n) is 6.54. The van der Waals surface area contributed by atoms with E-state index in [4.69, 9.17) is 4.99 Å². The molecule has 182 valence electrons. The second kappa shape index (κ2) is 14.9. The highest BCUT2D eigenvalue weighted by Crippen LogP contribution is 2.16. The molecule has 0 amide bonds. The van der Waals surface area contributed by atoms with Gasteiger partial charge >= 0.3 is 0 Å². The molecule has 2 aliphatic rings. The maximum absolute atomic E-state index is 4.82. The normalized spacial score (nSPS) is 19.0. The van der Waals surface area contributed by atoms with Gasteiger partial charge < -0.3 is 25.3 Å². The standard InChI is InChI=1S/C24H43N7.HI/c1-4-25-24(27-10-6-12-30-13-8-21(3)9-14-30)28-20-22-7-11-26-23(19-22)31-17-15-29(5-2)16-18-31;/h7,11,19,21H,4-6,8-10,12-18,20H2,1-3H3,(H2,25,27,28);1H. The summed E-state index contributed by atoms with van der Waals surface area (Å²) in [6.07, 6.45) is 5.77. The maximum atomic E-state index is 4.82. The van der Waals surface area contributed by atoms with Crippen LogP contribution in [0.15, 0.2) is 23.3 Å². The minimum atomic E-state index is 0. The highest BCUT2D eigenvalue weighted by atomic mass is 127. The quantitative estimate of drug-likeness (QED) is 0.211. The fraction of sp³-hybridized carbons (Fsp3) is 0.750. The van der Waals surface area contributed by atoms with E-state index in [-0.39, 0.29) is 24.0 Å². The first-order chi connectivity index (χ1) is 15.2. The van der Waals surface area contributed by atoms with Gasteiger partial charge in [0.2, 0.25) is 0 Å². The number of piperidine rings is 1. The van der Waals surface area contributed by atoms with Crippen LogP contribution in [0.25, 0.3) is 0 Å². The summed E-state index contributed by atoms with van der Waals surface area (Å²) in [6, 6.07) is 4.28. The Kier molecular flexibility index (Phi) is 12.6. The van der Waals surface area contributed by atoms with E-state index >= 15 is 0 Å². The van der Waals surface area contributed by atoms with Gasteiger partial charge in [0.1, 0.15) is 5.82 Å². The minimum absolute atomic E-state index is 0. The van der Waals surface area contributed by atoms with Crippen LogP contribution in [0.3, 0.4) is 0 Å². The number of hydrogen-bond acceptors (Lipinski definition) is 5. The van der Waals surface area contributed by atoms with Gasteiger partial charge in [-0.15, -0.1) is 24.0 Å². The third kappa shape index (κ3) is 9.02. The number of pyridine rings is 1. The van der Waals surface area contributed by atoms with E-state index in [0.717, 1.165) is 69.9 Å². The van der Waals surface area contributed by atoms with Crippen molar-refractivity contribution in [2.24, 2.45) is 10.9 Å². The Morgan fingerprint density at radius 2 is 1.81 bits per heavy atom. The zero-order valence-electron chi connectivity index (χ0n) is 20.4. The van der Waals surface area contributed by atoms with Crippen LogP contribution in [0.5, 0.6) is 0 Å². The first-order valence-electron chi connectivity index (χ1n) is 12.3. The number of guanidine groups is 1. The summed E-state index contributed by atoms with van der Waals surface area (Å²) >= 11 is 0. The van der Waals surface area contributed by atoms with Gasteiger partial charge in [-0.05, 0) is 76.0 Å². The third-order valence-corrected chi connectivity index (χ3v) is 6.54. The number of anilines is 1. The van der Waals surface area contributed by atoms with Crippen molar-refractivity contribution in [3.63, 3.8) is 0 Å². The number of aliphatic imine (C=N–C) groups is 1. The summed E-state index contributed by atoms with van der Waals surface area (Å²) in [5, 5.41) is 6.89. The SMILES string of the molecule is CCNC(=NCc1ccnc(N2CCN(CC)CC2)c1)NCCCN1CCC(C)CC1.I. The van der Waals surface area contributed by atoms with Gasteiger partial charge in [0, 0.05) is 45.5 Å². The number of likely N-dealkylation sites (tertiary alicyclic amines) is 1. The van der Waals surface area contributed by atoms with Crippen molar-refractivity contribution in [1.29, 1.82) is 0 Å². The molecule has 8 heteroatoms. The average molecular weight is 558 g/mol. The Labute approximate surface area is 212 Å². The van der Waals surface area contributed by atoms with E-state index in [2.05, 4.69) is 63.2 Å². The van der Waals surface area contributed by atoms with Crippen molar-refractivity contribution >= 4 is 35.8 Å². The minimum Gasteiger partial charge on any atom is -0.357 e. The predicted octanol–water partition coefficient (Wildman–Crippen LogP) is 3.02. The molecule has 0 spiro atoms. The molecule has 2 saturated heterocycles. The summed E-state index contributed by atoms with van der Waals surface area (Å²) in [5.41, 5.74) is 1.21. The molecular formula is C24H44IN7. The number of rotatable bonds is 9.